The minimum atomic E-state index is -0.136. The highest BCUT2D eigenvalue weighted by molar-refractivity contribution is 7.99. The molecule has 0 spiro atoms. The number of nitrogens with zero attached hydrogens (tertiary/aromatic N) is 2. The molecule has 2 amide bonds. The summed E-state index contributed by atoms with van der Waals surface area (Å²) >= 11 is 1.78. The van der Waals surface area contributed by atoms with Gasteiger partial charge in [0.15, 0.2) is 0 Å². The average Bonchev–Trinajstić information content (AvgIpc) is 2.62. The summed E-state index contributed by atoms with van der Waals surface area (Å²) in [5.74, 6) is 0.975. The Bertz CT molecular complexity index is 620. The lowest BCUT2D eigenvalue weighted by molar-refractivity contribution is 0.165. The summed E-state index contributed by atoms with van der Waals surface area (Å²) < 4.78 is 4.97. The Kier molecular flexibility index (Phi) is 7.58. The Morgan fingerprint density at radius 3 is 2.71 bits per heavy atom. The van der Waals surface area contributed by atoms with E-state index in [0.29, 0.717) is 13.2 Å². The molecular weight excluding hydrogens is 322 g/mol. The topological polar surface area (TPSA) is 54.5 Å². The van der Waals surface area contributed by atoms with E-state index in [-0.39, 0.29) is 6.03 Å². The lowest BCUT2D eigenvalue weighted by Gasteiger charge is -2.17. The first-order valence-corrected chi connectivity index (χ1v) is 8.81. The van der Waals surface area contributed by atoms with E-state index in [1.54, 1.807) is 30.8 Å². The number of anilines is 1. The monoisotopic (exact) mass is 345 g/mol. The van der Waals surface area contributed by atoms with Gasteiger partial charge in [-0.2, -0.15) is 0 Å². The van der Waals surface area contributed by atoms with E-state index in [4.69, 9.17) is 4.74 Å². The van der Waals surface area contributed by atoms with E-state index < -0.39 is 0 Å². The molecule has 2 rings (SSSR count). The molecule has 1 N–H and O–H groups in total. The van der Waals surface area contributed by atoms with Crippen LogP contribution in [0.2, 0.25) is 0 Å². The molecule has 0 saturated heterocycles. The van der Waals surface area contributed by atoms with Gasteiger partial charge < -0.3 is 15.0 Å². The highest BCUT2D eigenvalue weighted by Crippen LogP contribution is 2.21. The molecule has 6 heteroatoms. The van der Waals surface area contributed by atoms with Gasteiger partial charge in [-0.1, -0.05) is 6.07 Å². The predicted octanol–water partition coefficient (Wildman–Crippen LogP) is 3.53. The van der Waals surface area contributed by atoms with Crippen LogP contribution in [-0.4, -0.2) is 49.0 Å². The summed E-state index contributed by atoms with van der Waals surface area (Å²) in [5, 5.41) is 2.87. The highest BCUT2D eigenvalue weighted by atomic mass is 32.2. The standard InChI is InChI=1S/C18H23N3O2S/c1-21(12-13-23-2)18(22)20-16-6-8-17(9-7-16)24-14-10-15-5-3-4-11-19-15/h3-9,11H,10,12-14H2,1-2H3,(H,20,22). The summed E-state index contributed by atoms with van der Waals surface area (Å²) in [5.41, 5.74) is 1.89. The van der Waals surface area contributed by atoms with Crippen LogP contribution in [0.25, 0.3) is 0 Å². The zero-order valence-corrected chi connectivity index (χ0v) is 14.9. The summed E-state index contributed by atoms with van der Waals surface area (Å²) in [6, 6.07) is 13.7. The molecular formula is C18H23N3O2S. The van der Waals surface area contributed by atoms with Gasteiger partial charge in [-0.25, -0.2) is 4.79 Å². The molecule has 0 unspecified atom stereocenters. The summed E-state index contributed by atoms with van der Waals surface area (Å²) in [7, 11) is 3.37. The molecule has 1 aromatic carbocycles. The van der Waals surface area contributed by atoms with Crippen LogP contribution in [0.4, 0.5) is 10.5 Å². The van der Waals surface area contributed by atoms with Crippen LogP contribution in [0.1, 0.15) is 5.69 Å². The average molecular weight is 345 g/mol. The van der Waals surface area contributed by atoms with E-state index in [1.807, 2.05) is 48.7 Å². The number of amides is 2. The SMILES string of the molecule is COCCN(C)C(=O)Nc1ccc(SCCc2ccccn2)cc1. The molecule has 0 aliphatic heterocycles. The summed E-state index contributed by atoms with van der Waals surface area (Å²) in [6.07, 6.45) is 2.76. The van der Waals surface area contributed by atoms with Crippen molar-refractivity contribution in [1.82, 2.24) is 9.88 Å². The molecule has 0 aliphatic rings. The molecule has 0 bridgehead atoms. The zero-order valence-electron chi connectivity index (χ0n) is 14.1. The fourth-order valence-electron chi connectivity index (χ4n) is 2.00. The van der Waals surface area contributed by atoms with Gasteiger partial charge in [0, 0.05) is 48.9 Å². The van der Waals surface area contributed by atoms with E-state index in [1.165, 1.54) is 4.90 Å². The number of ether oxygens (including phenoxy) is 1. The van der Waals surface area contributed by atoms with Crippen molar-refractivity contribution < 1.29 is 9.53 Å². The number of methoxy groups -OCH3 is 1. The first kappa shape index (κ1) is 18.3. The Morgan fingerprint density at radius 2 is 2.04 bits per heavy atom. The van der Waals surface area contributed by atoms with Gasteiger partial charge in [0.05, 0.1) is 6.61 Å². The number of carbonyl (C=O) groups excluding carboxylic acids is 1. The Morgan fingerprint density at radius 1 is 1.25 bits per heavy atom. The van der Waals surface area contributed by atoms with Gasteiger partial charge in [0.1, 0.15) is 0 Å². The Balaban J connectivity index is 1.77. The molecule has 0 atom stereocenters. The molecule has 1 aromatic heterocycles. The summed E-state index contributed by atoms with van der Waals surface area (Å²) in [4.78, 5) is 19.1. The van der Waals surface area contributed by atoms with Crippen molar-refractivity contribution in [3.63, 3.8) is 0 Å². The lowest BCUT2D eigenvalue weighted by atomic mass is 10.3. The molecule has 5 nitrogen and oxygen atoms in total. The largest absolute Gasteiger partial charge is 0.383 e. The number of benzene rings is 1. The number of thioether (sulfide) groups is 1. The second-order valence-corrected chi connectivity index (χ2v) is 6.46. The third kappa shape index (κ3) is 6.22. The number of pyridine rings is 1. The van der Waals surface area contributed by atoms with Crippen molar-refractivity contribution in [2.45, 2.75) is 11.3 Å². The maximum absolute atomic E-state index is 12.0. The molecule has 0 radical (unpaired) electrons. The van der Waals surface area contributed by atoms with E-state index >= 15 is 0 Å². The fraction of sp³-hybridized carbons (Fsp3) is 0.333. The van der Waals surface area contributed by atoms with Crippen LogP contribution < -0.4 is 5.32 Å². The molecule has 2 aromatic rings. The normalized spacial score (nSPS) is 10.4. The van der Waals surface area contributed by atoms with Crippen LogP contribution in [0, 0.1) is 0 Å². The predicted molar refractivity (Wildman–Crippen MR) is 98.6 cm³/mol. The molecule has 128 valence electrons. The van der Waals surface area contributed by atoms with Crippen LogP contribution in [0.15, 0.2) is 53.6 Å². The second-order valence-electron chi connectivity index (χ2n) is 5.29. The first-order chi connectivity index (χ1) is 11.7. The van der Waals surface area contributed by atoms with E-state index in [0.717, 1.165) is 23.6 Å². The molecule has 24 heavy (non-hydrogen) atoms. The first-order valence-electron chi connectivity index (χ1n) is 7.83. The van der Waals surface area contributed by atoms with Gasteiger partial charge in [-0.15, -0.1) is 11.8 Å². The smallest absolute Gasteiger partial charge is 0.321 e. The van der Waals surface area contributed by atoms with Gasteiger partial charge >= 0.3 is 6.03 Å². The van der Waals surface area contributed by atoms with Crippen LogP contribution in [0.3, 0.4) is 0 Å². The third-order valence-electron chi connectivity index (χ3n) is 3.44. The maximum atomic E-state index is 12.0. The van der Waals surface area contributed by atoms with Crippen molar-refractivity contribution in [2.24, 2.45) is 0 Å². The summed E-state index contributed by atoms with van der Waals surface area (Å²) in [6.45, 7) is 1.08. The number of rotatable bonds is 8. The Labute approximate surface area is 147 Å². The quantitative estimate of drug-likeness (QED) is 0.744. The molecule has 1 heterocycles. The minimum absolute atomic E-state index is 0.136. The number of hydrogen-bond donors (Lipinski definition) is 1. The van der Waals surface area contributed by atoms with Crippen molar-refractivity contribution >= 4 is 23.5 Å². The number of aryl methyl sites for hydroxylation is 1. The van der Waals surface area contributed by atoms with Crippen LogP contribution >= 0.6 is 11.8 Å². The van der Waals surface area contributed by atoms with Crippen molar-refractivity contribution in [1.29, 1.82) is 0 Å². The van der Waals surface area contributed by atoms with Gasteiger partial charge in [-0.3, -0.25) is 4.98 Å². The highest BCUT2D eigenvalue weighted by Gasteiger charge is 2.08. The fourth-order valence-corrected chi connectivity index (χ4v) is 2.88. The minimum Gasteiger partial charge on any atom is -0.383 e. The van der Waals surface area contributed by atoms with E-state index in [2.05, 4.69) is 10.3 Å². The van der Waals surface area contributed by atoms with Gasteiger partial charge in [0.2, 0.25) is 0 Å². The van der Waals surface area contributed by atoms with Gasteiger partial charge in [-0.05, 0) is 42.8 Å². The van der Waals surface area contributed by atoms with Gasteiger partial charge in [0.25, 0.3) is 0 Å². The number of aromatic nitrogens is 1. The zero-order chi connectivity index (χ0) is 17.2. The van der Waals surface area contributed by atoms with E-state index in [9.17, 15) is 4.79 Å². The number of likely N-dealkylation sites (N-methyl/N-ethyl adjacent to an activating group) is 1. The van der Waals surface area contributed by atoms with Crippen LogP contribution in [-0.2, 0) is 11.2 Å². The second kappa shape index (κ2) is 9.95. The Hall–Kier alpha value is -2.05. The number of carbonyl (C=O) groups is 1. The third-order valence-corrected chi connectivity index (χ3v) is 4.45. The van der Waals surface area contributed by atoms with Crippen LogP contribution in [0.5, 0.6) is 0 Å². The number of urea groups is 1. The maximum Gasteiger partial charge on any atom is 0.321 e. The number of hydrogen-bond acceptors (Lipinski definition) is 4. The van der Waals surface area contributed by atoms with Crippen molar-refractivity contribution in [3.8, 4) is 0 Å². The van der Waals surface area contributed by atoms with Crippen molar-refractivity contribution in [3.05, 3.63) is 54.4 Å². The molecule has 0 fully saturated rings. The molecule has 0 aliphatic carbocycles. The molecule has 0 saturated carbocycles. The number of nitrogens with one attached hydrogen (secondary N) is 1. The lowest BCUT2D eigenvalue weighted by Crippen LogP contribution is -2.33. The van der Waals surface area contributed by atoms with Crippen molar-refractivity contribution in [2.75, 3.05) is 38.4 Å².